The van der Waals surface area contributed by atoms with Crippen molar-refractivity contribution in [2.45, 2.75) is 31.9 Å². The first-order valence-electron chi connectivity index (χ1n) is 8.05. The van der Waals surface area contributed by atoms with Gasteiger partial charge in [0.25, 0.3) is 6.43 Å². The highest BCUT2D eigenvalue weighted by atomic mass is 19.3. The molecule has 0 heterocycles. The third-order valence-corrected chi connectivity index (χ3v) is 3.81. The number of hydrogen-bond acceptors (Lipinski definition) is 3. The van der Waals surface area contributed by atoms with E-state index < -0.39 is 24.6 Å². The Morgan fingerprint density at radius 2 is 1.77 bits per heavy atom. The fourth-order valence-electron chi connectivity index (χ4n) is 2.45. The summed E-state index contributed by atoms with van der Waals surface area (Å²) in [4.78, 5) is 23.5. The standard InChI is InChI=1S/C19H20F2N2O3/c1-12(24)14-8-5-9-15(11-14)22-19(26)23-16(17(25)18(20)21)10-13-6-3-2-4-7-13/h2-9,11,16-18,25H,10H2,1H3,(H2,22,23,26)/t16-,17+/m1/s1. The third-order valence-electron chi connectivity index (χ3n) is 3.81. The zero-order chi connectivity index (χ0) is 19.1. The molecule has 0 aliphatic rings. The van der Waals surface area contributed by atoms with Crippen molar-refractivity contribution >= 4 is 17.5 Å². The van der Waals surface area contributed by atoms with Crippen LogP contribution < -0.4 is 10.6 Å². The molecular weight excluding hydrogens is 342 g/mol. The van der Waals surface area contributed by atoms with Gasteiger partial charge in [0, 0.05) is 11.3 Å². The van der Waals surface area contributed by atoms with Crippen molar-refractivity contribution in [3.05, 3.63) is 65.7 Å². The fourth-order valence-corrected chi connectivity index (χ4v) is 2.45. The van der Waals surface area contributed by atoms with E-state index in [1.807, 2.05) is 0 Å². The molecule has 0 saturated heterocycles. The molecule has 26 heavy (non-hydrogen) atoms. The van der Waals surface area contributed by atoms with Gasteiger partial charge in [-0.2, -0.15) is 0 Å². The molecule has 3 N–H and O–H groups in total. The Hall–Kier alpha value is -2.80. The van der Waals surface area contributed by atoms with Gasteiger partial charge in [0.2, 0.25) is 0 Å². The van der Waals surface area contributed by atoms with Crippen molar-refractivity contribution in [1.82, 2.24) is 5.32 Å². The number of aliphatic hydroxyl groups excluding tert-OH is 1. The van der Waals surface area contributed by atoms with E-state index in [9.17, 15) is 23.5 Å². The van der Waals surface area contributed by atoms with Crippen molar-refractivity contribution < 1.29 is 23.5 Å². The molecule has 0 spiro atoms. The molecule has 0 unspecified atom stereocenters. The Bertz CT molecular complexity index is 753. The summed E-state index contributed by atoms with van der Waals surface area (Å²) in [5.74, 6) is -0.163. The number of hydrogen-bond donors (Lipinski definition) is 3. The lowest BCUT2D eigenvalue weighted by atomic mass is 10.0. The van der Waals surface area contributed by atoms with Crippen molar-refractivity contribution in [2.75, 3.05) is 5.32 Å². The molecule has 7 heteroatoms. The van der Waals surface area contributed by atoms with E-state index in [-0.39, 0.29) is 12.2 Å². The number of amides is 2. The first-order valence-corrected chi connectivity index (χ1v) is 8.05. The molecule has 0 bridgehead atoms. The summed E-state index contributed by atoms with van der Waals surface area (Å²) >= 11 is 0. The quantitative estimate of drug-likeness (QED) is 0.662. The number of anilines is 1. The average Bonchev–Trinajstić information content (AvgIpc) is 2.61. The molecule has 0 radical (unpaired) electrons. The summed E-state index contributed by atoms with van der Waals surface area (Å²) < 4.78 is 25.9. The first kappa shape index (κ1) is 19.5. The predicted molar refractivity (Wildman–Crippen MR) is 94.5 cm³/mol. The van der Waals surface area contributed by atoms with Gasteiger partial charge in [0.05, 0.1) is 6.04 Å². The van der Waals surface area contributed by atoms with Gasteiger partial charge in [0.1, 0.15) is 6.10 Å². The van der Waals surface area contributed by atoms with Crippen LogP contribution in [0.5, 0.6) is 0 Å². The molecule has 0 fully saturated rings. The molecule has 0 saturated carbocycles. The Morgan fingerprint density at radius 3 is 2.38 bits per heavy atom. The number of halogens is 2. The Labute approximate surface area is 150 Å². The Morgan fingerprint density at radius 1 is 1.08 bits per heavy atom. The number of urea groups is 1. The number of nitrogens with one attached hydrogen (secondary N) is 2. The minimum Gasteiger partial charge on any atom is -0.385 e. The summed E-state index contributed by atoms with van der Waals surface area (Å²) in [5, 5.41) is 14.6. The van der Waals surface area contributed by atoms with Gasteiger partial charge in [-0.15, -0.1) is 0 Å². The lowest BCUT2D eigenvalue weighted by molar-refractivity contribution is -0.0232. The minimum absolute atomic E-state index is 0.0489. The monoisotopic (exact) mass is 362 g/mol. The molecular formula is C19H20F2N2O3. The highest BCUT2D eigenvalue weighted by molar-refractivity contribution is 5.96. The van der Waals surface area contributed by atoms with Gasteiger partial charge in [-0.1, -0.05) is 42.5 Å². The minimum atomic E-state index is -3.00. The van der Waals surface area contributed by atoms with Crippen LogP contribution in [0.3, 0.4) is 0 Å². The molecule has 138 valence electrons. The van der Waals surface area contributed by atoms with Crippen LogP contribution in [0.2, 0.25) is 0 Å². The van der Waals surface area contributed by atoms with Crippen LogP contribution in [-0.4, -0.2) is 35.5 Å². The zero-order valence-electron chi connectivity index (χ0n) is 14.2. The lowest BCUT2D eigenvalue weighted by Gasteiger charge is -2.24. The number of Topliss-reactive ketones (excluding diaryl/α,β-unsaturated/α-hetero) is 1. The molecule has 5 nitrogen and oxygen atoms in total. The number of carbonyl (C=O) groups excluding carboxylic acids is 2. The van der Waals surface area contributed by atoms with E-state index in [1.54, 1.807) is 48.5 Å². The lowest BCUT2D eigenvalue weighted by Crippen LogP contribution is -2.49. The normalized spacial score (nSPS) is 13.1. The van der Waals surface area contributed by atoms with Gasteiger partial charge >= 0.3 is 6.03 Å². The highest BCUT2D eigenvalue weighted by Crippen LogP contribution is 2.14. The molecule has 2 amide bonds. The maximum absolute atomic E-state index is 12.9. The SMILES string of the molecule is CC(=O)c1cccc(NC(=O)N[C@H](Cc2ccccc2)[C@H](O)C(F)F)c1. The van der Waals surface area contributed by atoms with Crippen molar-refractivity contribution in [1.29, 1.82) is 0 Å². The van der Waals surface area contributed by atoms with Gasteiger partial charge < -0.3 is 15.7 Å². The largest absolute Gasteiger partial charge is 0.385 e. The molecule has 2 aromatic rings. The number of benzene rings is 2. The summed E-state index contributed by atoms with van der Waals surface area (Å²) in [6, 6.07) is 13.1. The molecule has 0 aliphatic heterocycles. The summed E-state index contributed by atoms with van der Waals surface area (Å²) in [6.07, 6.45) is -4.96. The smallest absolute Gasteiger partial charge is 0.319 e. The molecule has 2 aromatic carbocycles. The van der Waals surface area contributed by atoms with E-state index >= 15 is 0 Å². The van der Waals surface area contributed by atoms with Crippen LogP contribution in [0.15, 0.2) is 54.6 Å². The topological polar surface area (TPSA) is 78.4 Å². The zero-order valence-corrected chi connectivity index (χ0v) is 14.2. The van der Waals surface area contributed by atoms with E-state index in [0.29, 0.717) is 16.8 Å². The first-order chi connectivity index (χ1) is 12.4. The van der Waals surface area contributed by atoms with Crippen LogP contribution >= 0.6 is 0 Å². The number of rotatable bonds is 7. The number of aliphatic hydroxyl groups is 1. The Balaban J connectivity index is 2.08. The van der Waals surface area contributed by atoms with E-state index in [1.165, 1.54) is 13.0 Å². The van der Waals surface area contributed by atoms with Crippen LogP contribution in [0.1, 0.15) is 22.8 Å². The number of carbonyl (C=O) groups is 2. The van der Waals surface area contributed by atoms with Crippen molar-refractivity contribution in [3.8, 4) is 0 Å². The van der Waals surface area contributed by atoms with E-state index in [2.05, 4.69) is 10.6 Å². The Kier molecular flexibility index (Phi) is 6.80. The van der Waals surface area contributed by atoms with Crippen LogP contribution in [0.4, 0.5) is 19.3 Å². The second-order valence-corrected chi connectivity index (χ2v) is 5.86. The molecule has 0 aliphatic carbocycles. The van der Waals surface area contributed by atoms with Crippen molar-refractivity contribution in [2.24, 2.45) is 0 Å². The molecule has 2 atom stereocenters. The maximum atomic E-state index is 12.9. The number of alkyl halides is 2. The average molecular weight is 362 g/mol. The summed E-state index contributed by atoms with van der Waals surface area (Å²) in [6.45, 7) is 1.40. The van der Waals surface area contributed by atoms with Crippen LogP contribution in [0.25, 0.3) is 0 Å². The fraction of sp³-hybridized carbons (Fsp3) is 0.263. The summed E-state index contributed by atoms with van der Waals surface area (Å²) in [7, 11) is 0. The summed E-state index contributed by atoms with van der Waals surface area (Å²) in [5.41, 5.74) is 1.47. The van der Waals surface area contributed by atoms with E-state index in [0.717, 1.165) is 0 Å². The molecule has 0 aromatic heterocycles. The molecule has 2 rings (SSSR count). The van der Waals surface area contributed by atoms with Crippen LogP contribution in [0, 0.1) is 0 Å². The maximum Gasteiger partial charge on any atom is 0.319 e. The van der Waals surface area contributed by atoms with Gasteiger partial charge in [-0.05, 0) is 31.0 Å². The second-order valence-electron chi connectivity index (χ2n) is 5.86. The highest BCUT2D eigenvalue weighted by Gasteiger charge is 2.29. The van der Waals surface area contributed by atoms with Gasteiger partial charge in [-0.25, -0.2) is 13.6 Å². The van der Waals surface area contributed by atoms with Crippen molar-refractivity contribution in [3.63, 3.8) is 0 Å². The van der Waals surface area contributed by atoms with E-state index in [4.69, 9.17) is 0 Å². The van der Waals surface area contributed by atoms with Crippen LogP contribution in [-0.2, 0) is 6.42 Å². The van der Waals surface area contributed by atoms with Gasteiger partial charge in [0.15, 0.2) is 5.78 Å². The third kappa shape index (κ3) is 5.63. The van der Waals surface area contributed by atoms with Gasteiger partial charge in [-0.3, -0.25) is 4.79 Å². The predicted octanol–water partition coefficient (Wildman–Crippen LogP) is 3.25. The number of ketones is 1. The second kappa shape index (κ2) is 9.05.